The predicted octanol–water partition coefficient (Wildman–Crippen LogP) is 1.29. The molecule has 5 nitrogen and oxygen atoms in total. The van der Waals surface area contributed by atoms with Crippen molar-refractivity contribution >= 4 is 23.8 Å². The van der Waals surface area contributed by atoms with E-state index in [1.54, 1.807) is 18.4 Å². The second kappa shape index (κ2) is 6.24. The number of hydrogen-bond donors (Lipinski definition) is 2. The summed E-state index contributed by atoms with van der Waals surface area (Å²) in [4.78, 5) is 18.8. The largest absolute Gasteiger partial charge is 0.476 e. The summed E-state index contributed by atoms with van der Waals surface area (Å²) < 4.78 is 0. The van der Waals surface area contributed by atoms with Crippen LogP contribution in [0.1, 0.15) is 22.5 Å². The highest BCUT2D eigenvalue weighted by atomic mass is 32.2. The lowest BCUT2D eigenvalue weighted by atomic mass is 10.2. The van der Waals surface area contributed by atoms with E-state index in [-0.39, 0.29) is 12.3 Å². The first-order chi connectivity index (χ1) is 7.69. The zero-order valence-electron chi connectivity index (χ0n) is 8.75. The number of hydrogen-bond acceptors (Lipinski definition) is 5. The van der Waals surface area contributed by atoms with Gasteiger partial charge in [-0.1, -0.05) is 23.9 Å². The molecule has 0 aromatic carbocycles. The summed E-state index contributed by atoms with van der Waals surface area (Å²) >= 11 is 1.29. The van der Waals surface area contributed by atoms with E-state index in [4.69, 9.17) is 10.2 Å². The van der Waals surface area contributed by atoms with Crippen LogP contribution in [0, 0.1) is 0 Å². The monoisotopic (exact) mass is 240 g/mol. The molecule has 1 aromatic rings. The van der Waals surface area contributed by atoms with Crippen molar-refractivity contribution in [2.75, 3.05) is 12.9 Å². The minimum atomic E-state index is -1.08. The molecule has 0 bridgehead atoms. The molecule has 0 aliphatic carbocycles. The Bertz CT molecular complexity index is 407. The molecule has 0 saturated carbocycles. The van der Waals surface area contributed by atoms with Crippen molar-refractivity contribution in [1.82, 2.24) is 9.97 Å². The van der Waals surface area contributed by atoms with E-state index in [1.165, 1.54) is 18.0 Å². The molecule has 6 heteroatoms. The molecule has 86 valence electrons. The van der Waals surface area contributed by atoms with Crippen molar-refractivity contribution in [1.29, 1.82) is 0 Å². The van der Waals surface area contributed by atoms with Crippen LogP contribution in [-0.4, -0.2) is 39.0 Å². The minimum absolute atomic E-state index is 0.0199. The molecule has 2 N–H and O–H groups in total. The lowest BCUT2D eigenvalue weighted by molar-refractivity contribution is 0.0689. The fourth-order valence-corrected chi connectivity index (χ4v) is 1.39. The van der Waals surface area contributed by atoms with E-state index in [1.807, 2.05) is 0 Å². The number of aliphatic hydroxyl groups is 1. The van der Waals surface area contributed by atoms with Gasteiger partial charge in [0, 0.05) is 18.4 Å². The van der Waals surface area contributed by atoms with Gasteiger partial charge in [0.15, 0.2) is 10.9 Å². The van der Waals surface area contributed by atoms with Crippen LogP contribution >= 0.6 is 11.8 Å². The number of carboxylic acids is 1. The van der Waals surface area contributed by atoms with Gasteiger partial charge in [0.05, 0.1) is 0 Å². The van der Waals surface area contributed by atoms with Crippen molar-refractivity contribution < 1.29 is 15.0 Å². The van der Waals surface area contributed by atoms with Crippen LogP contribution in [0.15, 0.2) is 17.4 Å². The van der Waals surface area contributed by atoms with Gasteiger partial charge in [-0.2, -0.15) is 0 Å². The normalized spacial score (nSPS) is 10.9. The second-order valence-electron chi connectivity index (χ2n) is 2.88. The minimum Gasteiger partial charge on any atom is -0.476 e. The summed E-state index contributed by atoms with van der Waals surface area (Å²) in [5.41, 5.74) is 0.423. The third-order valence-corrected chi connectivity index (χ3v) is 2.34. The molecule has 0 aliphatic rings. The molecule has 0 aliphatic heterocycles. The van der Waals surface area contributed by atoms with E-state index in [0.29, 0.717) is 17.1 Å². The third kappa shape index (κ3) is 3.32. The fourth-order valence-electron chi connectivity index (χ4n) is 1.05. The Morgan fingerprint density at radius 3 is 2.94 bits per heavy atom. The summed E-state index contributed by atoms with van der Waals surface area (Å²) in [7, 11) is 0. The number of rotatable bonds is 5. The second-order valence-corrected chi connectivity index (χ2v) is 3.65. The van der Waals surface area contributed by atoms with Crippen LogP contribution in [0.4, 0.5) is 0 Å². The Morgan fingerprint density at radius 1 is 1.62 bits per heavy atom. The zero-order chi connectivity index (χ0) is 12.0. The van der Waals surface area contributed by atoms with E-state index in [9.17, 15) is 4.79 Å². The lowest BCUT2D eigenvalue weighted by Crippen LogP contribution is -2.05. The average molecular weight is 240 g/mol. The quantitative estimate of drug-likeness (QED) is 0.596. The molecular formula is C10H12N2O3S. The molecule has 1 rings (SSSR count). The molecule has 0 amide bonds. The fraction of sp³-hybridized carbons (Fsp3) is 0.300. The van der Waals surface area contributed by atoms with Crippen LogP contribution in [0.3, 0.4) is 0 Å². The van der Waals surface area contributed by atoms with E-state index in [0.717, 1.165) is 0 Å². The van der Waals surface area contributed by atoms with Crippen molar-refractivity contribution in [2.24, 2.45) is 0 Å². The van der Waals surface area contributed by atoms with Gasteiger partial charge < -0.3 is 10.2 Å². The number of thioether (sulfide) groups is 1. The molecule has 1 heterocycles. The predicted molar refractivity (Wildman–Crippen MR) is 61.5 cm³/mol. The molecule has 1 aromatic heterocycles. The van der Waals surface area contributed by atoms with Gasteiger partial charge in [-0.25, -0.2) is 14.8 Å². The number of aromatic nitrogens is 2. The molecule has 0 fully saturated rings. The molecule has 0 atom stereocenters. The van der Waals surface area contributed by atoms with Crippen LogP contribution in [0.5, 0.6) is 0 Å². The highest BCUT2D eigenvalue weighted by Gasteiger charge is 2.11. The van der Waals surface area contributed by atoms with Gasteiger partial charge in [-0.15, -0.1) is 0 Å². The lowest BCUT2D eigenvalue weighted by Gasteiger charge is -2.01. The van der Waals surface area contributed by atoms with E-state index < -0.39 is 5.97 Å². The maximum Gasteiger partial charge on any atom is 0.355 e. The van der Waals surface area contributed by atoms with Gasteiger partial charge in [0.25, 0.3) is 0 Å². The molecule has 0 radical (unpaired) electrons. The number of aromatic carboxylic acids is 1. The Balaban J connectivity index is 3.03. The summed E-state index contributed by atoms with van der Waals surface area (Å²) in [5.74, 6) is -1.08. The number of nitrogens with zero attached hydrogens (tertiary/aromatic N) is 2. The van der Waals surface area contributed by atoms with Crippen LogP contribution in [0.2, 0.25) is 0 Å². The number of carbonyl (C=O) groups is 1. The summed E-state index contributed by atoms with van der Waals surface area (Å²) in [6.45, 7) is 0.0304. The molecular weight excluding hydrogens is 228 g/mol. The maximum atomic E-state index is 10.9. The van der Waals surface area contributed by atoms with E-state index >= 15 is 0 Å². The molecule has 0 saturated heterocycles. The highest BCUT2D eigenvalue weighted by Crippen LogP contribution is 2.13. The Kier molecular flexibility index (Phi) is 4.94. The van der Waals surface area contributed by atoms with E-state index in [2.05, 4.69) is 9.97 Å². The van der Waals surface area contributed by atoms with Crippen molar-refractivity contribution in [3.8, 4) is 0 Å². The zero-order valence-corrected chi connectivity index (χ0v) is 9.57. The maximum absolute atomic E-state index is 10.9. The first-order valence-corrected chi connectivity index (χ1v) is 5.83. The first-order valence-electron chi connectivity index (χ1n) is 4.60. The van der Waals surface area contributed by atoms with Crippen molar-refractivity contribution in [2.45, 2.75) is 11.6 Å². The third-order valence-electron chi connectivity index (χ3n) is 1.77. The summed E-state index contributed by atoms with van der Waals surface area (Å²) in [6.07, 6.45) is 7.01. The van der Waals surface area contributed by atoms with Gasteiger partial charge in [0.1, 0.15) is 0 Å². The van der Waals surface area contributed by atoms with Crippen LogP contribution in [-0.2, 0) is 0 Å². The van der Waals surface area contributed by atoms with Gasteiger partial charge in [-0.05, 0) is 12.7 Å². The molecule has 16 heavy (non-hydrogen) atoms. The van der Waals surface area contributed by atoms with Crippen molar-refractivity contribution in [3.05, 3.63) is 23.5 Å². The van der Waals surface area contributed by atoms with Crippen LogP contribution < -0.4 is 0 Å². The summed E-state index contributed by atoms with van der Waals surface area (Å²) in [6, 6.07) is 0. The topological polar surface area (TPSA) is 83.3 Å². The van der Waals surface area contributed by atoms with Gasteiger partial charge >= 0.3 is 5.97 Å². The molecule has 0 spiro atoms. The van der Waals surface area contributed by atoms with Crippen molar-refractivity contribution in [3.63, 3.8) is 0 Å². The number of carboxylic acid groups (broad SMARTS) is 1. The smallest absolute Gasteiger partial charge is 0.355 e. The number of aliphatic hydroxyl groups excluding tert-OH is 1. The Morgan fingerprint density at radius 2 is 2.38 bits per heavy atom. The average Bonchev–Trinajstić information content (AvgIpc) is 2.29. The SMILES string of the molecule is CSc1ncc(C=CCCO)c(C(=O)O)n1. The standard InChI is InChI=1S/C10H12N2O3S/c1-16-10-11-6-7(4-2-3-5-13)8(12-10)9(14)15/h2,4,6,13H,3,5H2,1H3,(H,14,15). The molecule has 0 unspecified atom stereocenters. The Labute approximate surface area is 97.2 Å². The highest BCUT2D eigenvalue weighted by molar-refractivity contribution is 7.98. The van der Waals surface area contributed by atoms with Gasteiger partial charge in [-0.3, -0.25) is 0 Å². The summed E-state index contributed by atoms with van der Waals surface area (Å²) in [5, 5.41) is 18.0. The Hall–Kier alpha value is -1.40. The first kappa shape index (κ1) is 12.7. The van der Waals surface area contributed by atoms with Crippen LogP contribution in [0.25, 0.3) is 6.08 Å². The van der Waals surface area contributed by atoms with Gasteiger partial charge in [0.2, 0.25) is 0 Å².